The Hall–Kier alpha value is -1.53. The Morgan fingerprint density at radius 1 is 1.07 bits per heavy atom. The van der Waals surface area contributed by atoms with E-state index in [0.717, 1.165) is 16.9 Å². The van der Waals surface area contributed by atoms with Crippen molar-refractivity contribution in [2.24, 2.45) is 0 Å². The molecule has 8 nitrogen and oxygen atoms in total. The van der Waals surface area contributed by atoms with Crippen LogP contribution in [0.1, 0.15) is 25.3 Å². The van der Waals surface area contributed by atoms with Gasteiger partial charge in [0.15, 0.2) is 10.8 Å². The van der Waals surface area contributed by atoms with E-state index in [2.05, 4.69) is 4.98 Å². The maximum absolute atomic E-state index is 13.4. The molecule has 2 fully saturated rings. The highest BCUT2D eigenvalue weighted by molar-refractivity contribution is 7.94. The molecule has 4 rings (SSSR count). The van der Waals surface area contributed by atoms with E-state index in [1.807, 2.05) is 11.8 Å². The fourth-order valence-electron chi connectivity index (χ4n) is 3.58. The average molecular weight is 473 g/mol. The van der Waals surface area contributed by atoms with Crippen molar-refractivity contribution in [1.82, 2.24) is 4.98 Å². The summed E-state index contributed by atoms with van der Waals surface area (Å²) in [5.74, 6) is -0.760. The third-order valence-electron chi connectivity index (χ3n) is 5.42. The quantitative estimate of drug-likeness (QED) is 0.654. The molecule has 1 aromatic carbocycles. The first-order valence-electron chi connectivity index (χ1n) is 9.75. The highest BCUT2D eigenvalue weighted by atomic mass is 32.2. The van der Waals surface area contributed by atoms with Gasteiger partial charge in [-0.05, 0) is 19.1 Å². The van der Waals surface area contributed by atoms with E-state index in [-0.39, 0.29) is 20.0 Å². The molecule has 11 heteroatoms. The molecular formula is C19H24N2O6S3. The van der Waals surface area contributed by atoms with Crippen molar-refractivity contribution in [3.63, 3.8) is 0 Å². The van der Waals surface area contributed by atoms with Crippen LogP contribution < -0.4 is 4.90 Å². The van der Waals surface area contributed by atoms with E-state index in [1.165, 1.54) is 19.1 Å². The van der Waals surface area contributed by atoms with Gasteiger partial charge in [-0.1, -0.05) is 36.0 Å². The van der Waals surface area contributed by atoms with Crippen LogP contribution in [0.15, 0.2) is 38.5 Å². The molecule has 0 unspecified atom stereocenters. The van der Waals surface area contributed by atoms with Crippen molar-refractivity contribution in [3.05, 3.63) is 29.8 Å². The molecular weight excluding hydrogens is 448 g/mol. The van der Waals surface area contributed by atoms with Crippen molar-refractivity contribution < 1.29 is 26.3 Å². The Labute approximate surface area is 180 Å². The van der Waals surface area contributed by atoms with Gasteiger partial charge < -0.3 is 14.4 Å². The summed E-state index contributed by atoms with van der Waals surface area (Å²) in [5, 5.41) is 0.156. The Kier molecular flexibility index (Phi) is 5.69. The standard InChI is InChI=1S/C19H24N2O6S3/c1-3-29(22,23)18-20-16(30(24,25)15-6-4-14(2)5-7-15)17(28-18)21-10-8-19(9-11-21)26-12-13-27-19/h4-7H,3,8-13H2,1-2H3. The molecule has 30 heavy (non-hydrogen) atoms. The molecule has 0 bridgehead atoms. The van der Waals surface area contributed by atoms with Gasteiger partial charge in [0, 0.05) is 25.9 Å². The predicted octanol–water partition coefficient (Wildman–Crippen LogP) is 2.42. The third-order valence-corrected chi connectivity index (χ3v) is 10.5. The molecule has 1 aromatic heterocycles. The Bertz CT molecular complexity index is 1120. The van der Waals surface area contributed by atoms with Crippen molar-refractivity contribution >= 4 is 36.0 Å². The van der Waals surface area contributed by atoms with Crippen LogP contribution in [0.4, 0.5) is 5.00 Å². The summed E-state index contributed by atoms with van der Waals surface area (Å²) in [6, 6.07) is 6.46. The van der Waals surface area contributed by atoms with Crippen molar-refractivity contribution in [1.29, 1.82) is 0 Å². The van der Waals surface area contributed by atoms with Crippen molar-refractivity contribution in [2.75, 3.05) is 37.0 Å². The number of ether oxygens (including phenoxy) is 2. The molecule has 164 valence electrons. The second-order valence-electron chi connectivity index (χ2n) is 7.40. The first-order valence-corrected chi connectivity index (χ1v) is 13.7. The molecule has 0 aliphatic carbocycles. The molecule has 2 aliphatic rings. The van der Waals surface area contributed by atoms with E-state index < -0.39 is 25.5 Å². The summed E-state index contributed by atoms with van der Waals surface area (Å²) < 4.78 is 63.0. The number of rotatable bonds is 5. The van der Waals surface area contributed by atoms with Gasteiger partial charge in [0.05, 0.1) is 23.9 Å². The molecule has 2 aromatic rings. The monoisotopic (exact) mass is 472 g/mol. The molecule has 0 amide bonds. The topological polar surface area (TPSA) is 103 Å². The smallest absolute Gasteiger partial charge is 0.226 e. The number of hydrogen-bond donors (Lipinski definition) is 0. The summed E-state index contributed by atoms with van der Waals surface area (Å²) in [5.41, 5.74) is 0.930. The van der Waals surface area contributed by atoms with Gasteiger partial charge in [-0.3, -0.25) is 0 Å². The molecule has 2 aliphatic heterocycles. The number of sulfone groups is 2. The van der Waals surface area contributed by atoms with Crippen LogP contribution in [-0.4, -0.2) is 59.7 Å². The Balaban J connectivity index is 1.75. The summed E-state index contributed by atoms with van der Waals surface area (Å²) in [4.78, 5) is 6.10. The molecule has 0 radical (unpaired) electrons. The minimum Gasteiger partial charge on any atom is -0.361 e. The van der Waals surface area contributed by atoms with Gasteiger partial charge in [-0.15, -0.1) is 0 Å². The van der Waals surface area contributed by atoms with Gasteiger partial charge in [0.1, 0.15) is 5.00 Å². The lowest BCUT2D eigenvalue weighted by molar-refractivity contribution is -0.169. The van der Waals surface area contributed by atoms with E-state index >= 15 is 0 Å². The minimum atomic E-state index is -3.98. The fourth-order valence-corrected chi connectivity index (χ4v) is 7.76. The zero-order valence-electron chi connectivity index (χ0n) is 16.8. The lowest BCUT2D eigenvalue weighted by Crippen LogP contribution is -2.45. The van der Waals surface area contributed by atoms with Crippen LogP contribution in [0.2, 0.25) is 0 Å². The highest BCUT2D eigenvalue weighted by Crippen LogP contribution is 2.41. The van der Waals surface area contributed by atoms with Crippen LogP contribution >= 0.6 is 11.3 Å². The van der Waals surface area contributed by atoms with Gasteiger partial charge in [-0.25, -0.2) is 21.8 Å². The Morgan fingerprint density at radius 2 is 1.67 bits per heavy atom. The lowest BCUT2D eigenvalue weighted by Gasteiger charge is -2.38. The SMILES string of the molecule is CCS(=O)(=O)c1nc(S(=O)(=O)c2ccc(C)cc2)c(N2CCC3(CC2)OCCO3)s1. The maximum Gasteiger partial charge on any atom is 0.226 e. The van der Waals surface area contributed by atoms with Gasteiger partial charge in [0.25, 0.3) is 0 Å². The molecule has 0 N–H and O–H groups in total. The van der Waals surface area contributed by atoms with Crippen LogP contribution in [0, 0.1) is 6.92 Å². The fraction of sp³-hybridized carbons (Fsp3) is 0.526. The number of anilines is 1. The van der Waals surface area contributed by atoms with Crippen molar-refractivity contribution in [2.45, 2.75) is 46.7 Å². The van der Waals surface area contributed by atoms with Crippen LogP contribution in [0.5, 0.6) is 0 Å². The predicted molar refractivity (Wildman–Crippen MR) is 113 cm³/mol. The summed E-state index contributed by atoms with van der Waals surface area (Å²) in [6.45, 7) is 5.46. The Morgan fingerprint density at radius 3 is 2.23 bits per heavy atom. The number of hydrogen-bond acceptors (Lipinski definition) is 9. The first-order chi connectivity index (χ1) is 14.2. The van der Waals surface area contributed by atoms with E-state index in [9.17, 15) is 16.8 Å². The zero-order valence-corrected chi connectivity index (χ0v) is 19.3. The third kappa shape index (κ3) is 3.89. The number of nitrogens with zero attached hydrogens (tertiary/aromatic N) is 2. The molecule has 0 saturated carbocycles. The van der Waals surface area contributed by atoms with Crippen LogP contribution in [-0.2, 0) is 29.1 Å². The average Bonchev–Trinajstić information content (AvgIpc) is 3.38. The largest absolute Gasteiger partial charge is 0.361 e. The van der Waals surface area contributed by atoms with Gasteiger partial charge in [-0.2, -0.15) is 0 Å². The summed E-state index contributed by atoms with van der Waals surface area (Å²) in [6.07, 6.45) is 1.15. The summed E-state index contributed by atoms with van der Waals surface area (Å²) >= 11 is 0.919. The number of aromatic nitrogens is 1. The normalized spacial score (nSPS) is 19.5. The zero-order chi connectivity index (χ0) is 21.6. The number of benzene rings is 1. The second-order valence-corrected chi connectivity index (χ2v) is 12.7. The van der Waals surface area contributed by atoms with Crippen LogP contribution in [0.3, 0.4) is 0 Å². The molecule has 1 spiro atoms. The lowest BCUT2D eigenvalue weighted by atomic mass is 10.0. The van der Waals surface area contributed by atoms with E-state index in [4.69, 9.17) is 9.47 Å². The second kappa shape index (κ2) is 7.86. The molecule has 3 heterocycles. The minimum absolute atomic E-state index is 0.0936. The number of aryl methyl sites for hydroxylation is 1. The highest BCUT2D eigenvalue weighted by Gasteiger charge is 2.42. The molecule has 0 atom stereocenters. The van der Waals surface area contributed by atoms with E-state index in [0.29, 0.717) is 44.1 Å². The maximum atomic E-state index is 13.4. The van der Waals surface area contributed by atoms with Gasteiger partial charge in [0.2, 0.25) is 24.0 Å². The number of thiazole rings is 1. The van der Waals surface area contributed by atoms with Crippen molar-refractivity contribution in [3.8, 4) is 0 Å². The molecule has 2 saturated heterocycles. The first kappa shape index (κ1) is 21.7. The summed E-state index contributed by atoms with van der Waals surface area (Å²) in [7, 11) is -7.62. The van der Waals surface area contributed by atoms with Crippen LogP contribution in [0.25, 0.3) is 0 Å². The number of piperidine rings is 1. The van der Waals surface area contributed by atoms with E-state index in [1.54, 1.807) is 12.1 Å². The van der Waals surface area contributed by atoms with Gasteiger partial charge >= 0.3 is 0 Å².